The van der Waals surface area contributed by atoms with Crippen LogP contribution >= 0.6 is 0 Å². The Balaban J connectivity index is 0.00000259. The summed E-state index contributed by atoms with van der Waals surface area (Å²) in [6, 6.07) is 9.22. The van der Waals surface area contributed by atoms with Crippen LogP contribution < -0.4 is 5.32 Å². The number of ether oxygens (including phenoxy) is 3. The highest BCUT2D eigenvalue weighted by Gasteiger charge is 2.56. The number of esters is 1. The van der Waals surface area contributed by atoms with Gasteiger partial charge in [0.1, 0.15) is 23.6 Å². The maximum Gasteiger partial charge on any atom is 0.408 e. The number of Topliss-reactive ketones (excluding diaryl/α,β-unsaturated/α-hetero) is 2. The Kier molecular flexibility index (Phi) is 11.8. The van der Waals surface area contributed by atoms with E-state index in [1.807, 2.05) is 77.1 Å². The third-order valence-corrected chi connectivity index (χ3v) is 8.83. The lowest BCUT2D eigenvalue weighted by Gasteiger charge is -2.39. The van der Waals surface area contributed by atoms with E-state index in [0.29, 0.717) is 19.3 Å². The standard InChI is InChI=1S/C33H42N2O7.C2H6/c1-7-27-33(6)29(35-31(39)42-33)22(4)28(37)20(2)18-32(5,15-14-26(36)21(3)30(38)41-27)40-16-10-11-23-17-24-12-8-9-13-25(24)34-19-23;1-2/h8-13,17,19-22,27,29H,7,14-16,18H2,1-6H3,(H,35,39);1-2H3/b11-10+;/t20-,21?,22?,27-,29?,32+,33-;/m1./s1. The van der Waals surface area contributed by atoms with Gasteiger partial charge in [-0.15, -0.1) is 0 Å². The Morgan fingerprint density at radius 1 is 1.09 bits per heavy atom. The Hall–Kier alpha value is -3.59. The van der Waals surface area contributed by atoms with Crippen LogP contribution in [0.3, 0.4) is 0 Å². The van der Waals surface area contributed by atoms with Crippen LogP contribution in [0.25, 0.3) is 17.0 Å². The molecule has 9 nitrogen and oxygen atoms in total. The quantitative estimate of drug-likeness (QED) is 0.303. The first-order valence-electron chi connectivity index (χ1n) is 15.8. The summed E-state index contributed by atoms with van der Waals surface area (Å²) < 4.78 is 17.8. The van der Waals surface area contributed by atoms with Crippen LogP contribution in [0.5, 0.6) is 0 Å². The van der Waals surface area contributed by atoms with Gasteiger partial charge in [-0.1, -0.05) is 65.0 Å². The molecule has 2 aromatic rings. The molecule has 9 heteroatoms. The molecule has 240 valence electrons. The normalized spacial score (nSPS) is 31.8. The van der Waals surface area contributed by atoms with Crippen molar-refractivity contribution < 1.29 is 33.4 Å². The molecule has 3 heterocycles. The van der Waals surface area contributed by atoms with E-state index in [0.717, 1.165) is 16.5 Å². The van der Waals surface area contributed by atoms with Gasteiger partial charge in [-0.25, -0.2) is 4.79 Å². The van der Waals surface area contributed by atoms with Crippen LogP contribution in [0.1, 0.15) is 86.6 Å². The molecular weight excluding hydrogens is 560 g/mol. The first-order chi connectivity index (χ1) is 20.9. The number of nitrogens with zero attached hydrogens (tertiary/aromatic N) is 1. The number of cyclic esters (lactones) is 1. The molecule has 0 radical (unpaired) electrons. The summed E-state index contributed by atoms with van der Waals surface area (Å²) in [5.74, 6) is -3.05. The van der Waals surface area contributed by atoms with E-state index in [4.69, 9.17) is 14.2 Å². The van der Waals surface area contributed by atoms with Gasteiger partial charge in [0.15, 0.2) is 5.60 Å². The van der Waals surface area contributed by atoms with Crippen LogP contribution in [-0.2, 0) is 28.6 Å². The second kappa shape index (κ2) is 14.9. The van der Waals surface area contributed by atoms with E-state index < -0.39 is 53.2 Å². The molecule has 3 unspecified atom stereocenters. The van der Waals surface area contributed by atoms with Gasteiger partial charge in [-0.2, -0.15) is 0 Å². The number of nitrogens with one attached hydrogen (secondary N) is 1. The Morgan fingerprint density at radius 3 is 2.50 bits per heavy atom. The van der Waals surface area contributed by atoms with Gasteiger partial charge in [0.05, 0.1) is 23.8 Å². The molecular formula is C35H48N2O7. The average Bonchev–Trinajstić information content (AvgIpc) is 3.34. The SMILES string of the molecule is CC.CC[C@H]1OC(=O)C(C)C(=O)CC[C@](C)(OC/C=C/c2cnc3ccccc3c2)C[C@@H](C)C(=O)C(C)C2NC(=O)O[C@@]21C. The number of aromatic nitrogens is 1. The molecule has 2 fully saturated rings. The average molecular weight is 609 g/mol. The van der Waals surface area contributed by atoms with E-state index in [1.165, 1.54) is 6.92 Å². The largest absolute Gasteiger partial charge is 0.458 e. The van der Waals surface area contributed by atoms with Crippen molar-refractivity contribution in [3.05, 3.63) is 48.2 Å². The lowest BCUT2D eigenvalue weighted by atomic mass is 9.75. The van der Waals surface area contributed by atoms with Crippen molar-refractivity contribution in [1.82, 2.24) is 10.3 Å². The number of ketones is 2. The number of amides is 1. The van der Waals surface area contributed by atoms with Crippen LogP contribution in [0.15, 0.2) is 42.6 Å². The van der Waals surface area contributed by atoms with Gasteiger partial charge in [-0.3, -0.25) is 19.4 Å². The van der Waals surface area contributed by atoms with Gasteiger partial charge >= 0.3 is 12.1 Å². The monoisotopic (exact) mass is 608 g/mol. The van der Waals surface area contributed by atoms with Gasteiger partial charge in [0.2, 0.25) is 0 Å². The molecule has 1 aromatic carbocycles. The molecule has 0 saturated carbocycles. The van der Waals surface area contributed by atoms with Crippen LogP contribution in [0.4, 0.5) is 4.79 Å². The summed E-state index contributed by atoms with van der Waals surface area (Å²) in [4.78, 5) is 56.8. The van der Waals surface area contributed by atoms with Gasteiger partial charge in [0.25, 0.3) is 0 Å². The topological polar surface area (TPSA) is 121 Å². The molecule has 1 aromatic heterocycles. The van der Waals surface area contributed by atoms with Crippen molar-refractivity contribution in [2.45, 2.75) is 104 Å². The van der Waals surface area contributed by atoms with Crippen LogP contribution in [-0.4, -0.2) is 58.6 Å². The van der Waals surface area contributed by atoms with Crippen molar-refractivity contribution >= 4 is 40.6 Å². The minimum atomic E-state index is -1.27. The summed E-state index contributed by atoms with van der Waals surface area (Å²) >= 11 is 0. The number of para-hydroxylation sites is 1. The van der Waals surface area contributed by atoms with Crippen LogP contribution in [0.2, 0.25) is 0 Å². The highest BCUT2D eigenvalue weighted by atomic mass is 16.6. The molecule has 4 rings (SSSR count). The molecule has 1 N–H and O–H groups in total. The third-order valence-electron chi connectivity index (χ3n) is 8.83. The van der Waals surface area contributed by atoms with Crippen molar-refractivity contribution in [3.63, 3.8) is 0 Å². The lowest BCUT2D eigenvalue weighted by Crippen LogP contribution is -2.57. The molecule has 7 atom stereocenters. The number of alkyl carbamates (subject to hydrolysis) is 1. The predicted octanol–water partition coefficient (Wildman–Crippen LogP) is 6.47. The molecule has 2 aliphatic heterocycles. The first kappa shape index (κ1) is 34.9. The predicted molar refractivity (Wildman–Crippen MR) is 170 cm³/mol. The highest BCUT2D eigenvalue weighted by Crippen LogP contribution is 2.37. The zero-order chi connectivity index (χ0) is 32.7. The molecule has 0 aliphatic carbocycles. The number of pyridine rings is 1. The Morgan fingerprint density at radius 2 is 1.80 bits per heavy atom. The fourth-order valence-electron chi connectivity index (χ4n) is 6.24. The van der Waals surface area contributed by atoms with E-state index in [1.54, 1.807) is 20.0 Å². The van der Waals surface area contributed by atoms with Crippen molar-refractivity contribution in [1.29, 1.82) is 0 Å². The minimum Gasteiger partial charge on any atom is -0.458 e. The minimum absolute atomic E-state index is 0.0671. The second-order valence-electron chi connectivity index (χ2n) is 12.1. The highest BCUT2D eigenvalue weighted by molar-refractivity contribution is 5.98. The summed E-state index contributed by atoms with van der Waals surface area (Å²) in [7, 11) is 0. The fourth-order valence-corrected chi connectivity index (χ4v) is 6.24. The third kappa shape index (κ3) is 7.92. The Bertz CT molecular complexity index is 1370. The zero-order valence-corrected chi connectivity index (χ0v) is 27.3. The van der Waals surface area contributed by atoms with E-state index >= 15 is 0 Å². The van der Waals surface area contributed by atoms with E-state index in [2.05, 4.69) is 10.3 Å². The summed E-state index contributed by atoms with van der Waals surface area (Å²) in [6.07, 6.45) is 5.26. The van der Waals surface area contributed by atoms with Crippen molar-refractivity contribution in [3.8, 4) is 0 Å². The number of rotatable bonds is 5. The lowest BCUT2D eigenvalue weighted by molar-refractivity contribution is -0.170. The fraction of sp³-hybridized carbons (Fsp3) is 0.571. The Labute approximate surface area is 261 Å². The number of hydrogen-bond acceptors (Lipinski definition) is 8. The second-order valence-corrected chi connectivity index (χ2v) is 12.1. The zero-order valence-electron chi connectivity index (χ0n) is 27.3. The molecule has 0 spiro atoms. The molecule has 0 bridgehead atoms. The van der Waals surface area contributed by atoms with Gasteiger partial charge in [0, 0.05) is 29.8 Å². The van der Waals surface area contributed by atoms with Gasteiger partial charge in [-0.05, 0) is 57.7 Å². The van der Waals surface area contributed by atoms with E-state index in [-0.39, 0.29) is 24.6 Å². The van der Waals surface area contributed by atoms with E-state index in [9.17, 15) is 19.2 Å². The van der Waals surface area contributed by atoms with Crippen LogP contribution in [0, 0.1) is 17.8 Å². The maximum absolute atomic E-state index is 13.7. The molecule has 2 aliphatic rings. The number of carbonyl (C=O) groups excluding carboxylic acids is 4. The smallest absolute Gasteiger partial charge is 0.408 e. The number of fused-ring (bicyclic) bond motifs is 2. The molecule has 44 heavy (non-hydrogen) atoms. The summed E-state index contributed by atoms with van der Waals surface area (Å²) in [6.45, 7) is 14.8. The molecule has 1 amide bonds. The number of benzene rings is 1. The van der Waals surface area contributed by atoms with Gasteiger partial charge < -0.3 is 19.5 Å². The number of hydrogen-bond donors (Lipinski definition) is 1. The van der Waals surface area contributed by atoms with Crippen molar-refractivity contribution in [2.24, 2.45) is 17.8 Å². The summed E-state index contributed by atoms with van der Waals surface area (Å²) in [5, 5.41) is 3.82. The first-order valence-corrected chi connectivity index (χ1v) is 15.8. The van der Waals surface area contributed by atoms with Crippen molar-refractivity contribution in [2.75, 3.05) is 6.61 Å². The molecule has 2 saturated heterocycles. The maximum atomic E-state index is 13.7. The number of carbonyl (C=O) groups is 4. The summed E-state index contributed by atoms with van der Waals surface area (Å²) in [5.41, 5.74) is -0.245.